The van der Waals surface area contributed by atoms with Crippen molar-refractivity contribution in [2.24, 2.45) is 0 Å². The van der Waals surface area contributed by atoms with Crippen molar-refractivity contribution < 1.29 is 9.59 Å². The van der Waals surface area contributed by atoms with Crippen molar-refractivity contribution in [1.82, 2.24) is 10.4 Å². The van der Waals surface area contributed by atoms with Gasteiger partial charge in [0, 0.05) is 10.0 Å². The quantitative estimate of drug-likeness (QED) is 0.604. The summed E-state index contributed by atoms with van der Waals surface area (Å²) in [6, 6.07) is 16.2. The molecule has 1 heterocycles. The minimum Gasteiger partial charge on any atom is -0.267 e. The third-order valence-corrected chi connectivity index (χ3v) is 4.98. The molecule has 0 atom stereocenters. The Hall–Kier alpha value is -1.96. The molecule has 1 saturated heterocycles. The lowest BCUT2D eigenvalue weighted by molar-refractivity contribution is -0.123. The third-order valence-electron chi connectivity index (χ3n) is 3.19. The molecule has 2 amide bonds. The maximum absolute atomic E-state index is 12.5. The van der Waals surface area contributed by atoms with Gasteiger partial charge in [0.1, 0.15) is 0 Å². The maximum atomic E-state index is 12.5. The zero-order valence-electron chi connectivity index (χ0n) is 12.2. The zero-order valence-corrected chi connectivity index (χ0v) is 15.5. The first-order valence-corrected chi connectivity index (χ1v) is 8.96. The van der Waals surface area contributed by atoms with Crippen LogP contribution >= 0.6 is 39.9 Å². The van der Waals surface area contributed by atoms with Gasteiger partial charge < -0.3 is 0 Å². The van der Waals surface area contributed by atoms with E-state index >= 15 is 0 Å². The number of thioether (sulfide) groups is 1. The van der Waals surface area contributed by atoms with Crippen molar-refractivity contribution in [3.05, 3.63) is 75.1 Å². The lowest BCUT2D eigenvalue weighted by atomic mass is 10.2. The number of nitrogens with one attached hydrogen (secondary N) is 1. The van der Waals surface area contributed by atoms with Crippen molar-refractivity contribution in [3.63, 3.8) is 0 Å². The number of nitrogens with zero attached hydrogens (tertiary/aromatic N) is 1. The van der Waals surface area contributed by atoms with Crippen LogP contribution < -0.4 is 5.43 Å². The van der Waals surface area contributed by atoms with Crippen LogP contribution in [0.25, 0.3) is 6.08 Å². The molecule has 0 aliphatic carbocycles. The Labute approximate surface area is 157 Å². The van der Waals surface area contributed by atoms with Gasteiger partial charge in [0.15, 0.2) is 4.32 Å². The van der Waals surface area contributed by atoms with Crippen LogP contribution in [0, 0.1) is 0 Å². The Morgan fingerprint density at radius 1 is 1.17 bits per heavy atom. The smallest absolute Gasteiger partial charge is 0.267 e. The number of carbonyl (C=O) groups is 2. The summed E-state index contributed by atoms with van der Waals surface area (Å²) >= 11 is 9.76. The Balaban J connectivity index is 1.78. The molecule has 1 aliphatic heterocycles. The molecule has 2 aromatic rings. The summed E-state index contributed by atoms with van der Waals surface area (Å²) in [7, 11) is 0. The topological polar surface area (TPSA) is 49.4 Å². The molecule has 3 rings (SSSR count). The predicted molar refractivity (Wildman–Crippen MR) is 103 cm³/mol. The van der Waals surface area contributed by atoms with Gasteiger partial charge in [0.25, 0.3) is 11.8 Å². The first kappa shape index (κ1) is 16.9. The Morgan fingerprint density at radius 3 is 2.62 bits per heavy atom. The van der Waals surface area contributed by atoms with E-state index in [1.807, 2.05) is 30.3 Å². The molecular formula is C17H11BrN2O2S2. The normalized spacial score (nSPS) is 15.9. The van der Waals surface area contributed by atoms with Gasteiger partial charge in [-0.05, 0) is 48.1 Å². The van der Waals surface area contributed by atoms with Gasteiger partial charge in [-0.25, -0.2) is 0 Å². The lowest BCUT2D eigenvalue weighted by Crippen LogP contribution is -2.44. The van der Waals surface area contributed by atoms with E-state index in [0.29, 0.717) is 14.8 Å². The molecule has 0 saturated carbocycles. The summed E-state index contributed by atoms with van der Waals surface area (Å²) in [5, 5.41) is 1.11. The van der Waals surface area contributed by atoms with Gasteiger partial charge in [-0.2, -0.15) is 5.01 Å². The maximum Gasteiger partial charge on any atom is 0.285 e. The van der Waals surface area contributed by atoms with Crippen LogP contribution in [-0.4, -0.2) is 21.1 Å². The molecule has 2 aromatic carbocycles. The van der Waals surface area contributed by atoms with Gasteiger partial charge in [-0.3, -0.25) is 15.0 Å². The number of amides is 2. The molecule has 1 aliphatic rings. The second-order valence-corrected chi connectivity index (χ2v) is 7.47. The Bertz CT molecular complexity index is 853. The highest BCUT2D eigenvalue weighted by Crippen LogP contribution is 2.31. The van der Waals surface area contributed by atoms with Crippen LogP contribution in [0.5, 0.6) is 0 Å². The van der Waals surface area contributed by atoms with Crippen LogP contribution in [-0.2, 0) is 4.79 Å². The van der Waals surface area contributed by atoms with Crippen molar-refractivity contribution in [3.8, 4) is 0 Å². The molecule has 1 fully saturated rings. The molecule has 0 bridgehead atoms. The molecule has 1 N–H and O–H groups in total. The number of rotatable bonds is 3. The van der Waals surface area contributed by atoms with E-state index in [4.69, 9.17) is 12.2 Å². The highest BCUT2D eigenvalue weighted by Gasteiger charge is 2.33. The fourth-order valence-corrected chi connectivity index (χ4v) is 3.66. The van der Waals surface area contributed by atoms with Gasteiger partial charge in [0.05, 0.1) is 4.91 Å². The van der Waals surface area contributed by atoms with E-state index in [0.717, 1.165) is 26.8 Å². The molecule has 0 spiro atoms. The van der Waals surface area contributed by atoms with E-state index in [1.165, 1.54) is 0 Å². The van der Waals surface area contributed by atoms with E-state index in [9.17, 15) is 9.59 Å². The summed E-state index contributed by atoms with van der Waals surface area (Å²) < 4.78 is 1.22. The highest BCUT2D eigenvalue weighted by atomic mass is 79.9. The summed E-state index contributed by atoms with van der Waals surface area (Å²) in [5.74, 6) is -0.718. The number of hydrogen-bond donors (Lipinski definition) is 1. The SMILES string of the molecule is O=C(NN1C(=O)/C(=C/c2cccc(Br)c2)SC1=S)c1ccccc1. The lowest BCUT2D eigenvalue weighted by Gasteiger charge is -2.15. The van der Waals surface area contributed by atoms with E-state index in [1.54, 1.807) is 30.3 Å². The second kappa shape index (κ2) is 7.29. The molecule has 0 unspecified atom stereocenters. The highest BCUT2D eigenvalue weighted by molar-refractivity contribution is 9.10. The number of carbonyl (C=O) groups excluding carboxylic acids is 2. The summed E-state index contributed by atoms with van der Waals surface area (Å²) in [4.78, 5) is 25.2. The van der Waals surface area contributed by atoms with E-state index in [2.05, 4.69) is 21.4 Å². The van der Waals surface area contributed by atoms with E-state index in [-0.39, 0.29) is 11.8 Å². The summed E-state index contributed by atoms with van der Waals surface area (Å²) in [6.07, 6.45) is 1.75. The monoisotopic (exact) mass is 418 g/mol. The molecule has 7 heteroatoms. The number of hydrazine groups is 1. The third kappa shape index (κ3) is 3.75. The Morgan fingerprint density at radius 2 is 1.92 bits per heavy atom. The fourth-order valence-electron chi connectivity index (χ4n) is 2.07. The zero-order chi connectivity index (χ0) is 17.1. The summed E-state index contributed by atoms with van der Waals surface area (Å²) in [5.41, 5.74) is 3.89. The fraction of sp³-hybridized carbons (Fsp3) is 0. The largest absolute Gasteiger partial charge is 0.285 e. The second-order valence-electron chi connectivity index (χ2n) is 4.88. The summed E-state index contributed by atoms with van der Waals surface area (Å²) in [6.45, 7) is 0. The van der Waals surface area contributed by atoms with Crippen LogP contribution in [0.15, 0.2) is 64.0 Å². The predicted octanol–water partition coefficient (Wildman–Crippen LogP) is 4.00. The van der Waals surface area contributed by atoms with Crippen molar-refractivity contribution in [2.75, 3.05) is 0 Å². The first-order chi connectivity index (χ1) is 11.5. The Kier molecular flexibility index (Phi) is 5.13. The first-order valence-electron chi connectivity index (χ1n) is 6.94. The number of benzene rings is 2. The molecule has 4 nitrogen and oxygen atoms in total. The number of halogens is 1. The van der Waals surface area contributed by atoms with Gasteiger partial charge in [0.2, 0.25) is 0 Å². The van der Waals surface area contributed by atoms with Crippen LogP contribution in [0.4, 0.5) is 0 Å². The van der Waals surface area contributed by atoms with Crippen LogP contribution in [0.1, 0.15) is 15.9 Å². The van der Waals surface area contributed by atoms with Gasteiger partial charge in [-0.1, -0.05) is 58.0 Å². The molecule has 24 heavy (non-hydrogen) atoms. The average molecular weight is 419 g/mol. The minimum absolute atomic E-state index is 0.297. The molecule has 0 radical (unpaired) electrons. The average Bonchev–Trinajstić information content (AvgIpc) is 2.83. The van der Waals surface area contributed by atoms with E-state index < -0.39 is 0 Å². The van der Waals surface area contributed by atoms with Crippen molar-refractivity contribution in [2.45, 2.75) is 0 Å². The molecular weight excluding hydrogens is 408 g/mol. The standard InChI is InChI=1S/C17H11BrN2O2S2/c18-13-8-4-5-11(9-13)10-14-16(22)20(17(23)24-14)19-15(21)12-6-2-1-3-7-12/h1-10H,(H,19,21)/b14-10-. The van der Waals surface area contributed by atoms with Crippen LogP contribution in [0.3, 0.4) is 0 Å². The van der Waals surface area contributed by atoms with Crippen molar-refractivity contribution >= 4 is 62.1 Å². The van der Waals surface area contributed by atoms with Gasteiger partial charge in [-0.15, -0.1) is 0 Å². The minimum atomic E-state index is -0.379. The number of hydrogen-bond acceptors (Lipinski definition) is 4. The molecule has 0 aromatic heterocycles. The van der Waals surface area contributed by atoms with Crippen molar-refractivity contribution in [1.29, 1.82) is 0 Å². The number of thiocarbonyl (C=S) groups is 1. The molecule has 120 valence electrons. The van der Waals surface area contributed by atoms with Crippen LogP contribution in [0.2, 0.25) is 0 Å². The van der Waals surface area contributed by atoms with Gasteiger partial charge >= 0.3 is 0 Å².